The van der Waals surface area contributed by atoms with Crippen LogP contribution in [-0.4, -0.2) is 10.2 Å². The van der Waals surface area contributed by atoms with Gasteiger partial charge in [0, 0.05) is 5.39 Å². The Morgan fingerprint density at radius 1 is 1.33 bits per heavy atom. The van der Waals surface area contributed by atoms with Crippen LogP contribution in [0.2, 0.25) is 0 Å². The van der Waals surface area contributed by atoms with Crippen molar-refractivity contribution in [3.05, 3.63) is 33.4 Å². The Labute approximate surface area is 82.7 Å². The highest BCUT2D eigenvalue weighted by molar-refractivity contribution is 9.10. The molecule has 1 N–H and O–H groups in total. The highest BCUT2D eigenvalue weighted by Gasteiger charge is 1.97. The summed E-state index contributed by atoms with van der Waals surface area (Å²) in [6, 6.07) is 7.83. The zero-order valence-corrected chi connectivity index (χ0v) is 8.45. The van der Waals surface area contributed by atoms with Gasteiger partial charge in [-0.15, -0.1) is 0 Å². The predicted octanol–water partition coefficient (Wildman–Crippen LogP) is 3.05. The fourth-order valence-electron chi connectivity index (χ4n) is 1.05. The minimum Gasteiger partial charge on any atom is -0.277 e. The van der Waals surface area contributed by atoms with E-state index in [2.05, 4.69) is 26.1 Å². The number of nitrogens with zero attached hydrogens (tertiary/aromatic N) is 1. The molecule has 1 aromatic heterocycles. The Kier molecular flexibility index (Phi) is 1.94. The van der Waals surface area contributed by atoms with E-state index < -0.39 is 0 Å². The second-order valence-corrected chi connectivity index (χ2v) is 3.55. The van der Waals surface area contributed by atoms with Gasteiger partial charge in [-0.2, -0.15) is 5.10 Å². The third-order valence-corrected chi connectivity index (χ3v) is 2.88. The normalized spacial score (nSPS) is 10.4. The molecule has 12 heavy (non-hydrogen) atoms. The Balaban J connectivity index is 3.01. The first kappa shape index (κ1) is 7.89. The average molecular weight is 241 g/mol. The van der Waals surface area contributed by atoms with Gasteiger partial charge < -0.3 is 0 Å². The molecule has 60 valence electrons. The van der Waals surface area contributed by atoms with E-state index in [4.69, 9.17) is 12.2 Å². The van der Waals surface area contributed by atoms with Crippen molar-refractivity contribution < 1.29 is 0 Å². The van der Waals surface area contributed by atoms with Crippen LogP contribution in [0, 0.1) is 4.51 Å². The molecule has 1 aromatic carbocycles. The average Bonchev–Trinajstić information content (AvgIpc) is 2.12. The monoisotopic (exact) mass is 240 g/mol. The van der Waals surface area contributed by atoms with Crippen molar-refractivity contribution >= 4 is 39.1 Å². The second-order valence-electron chi connectivity index (χ2n) is 2.39. The highest BCUT2D eigenvalue weighted by atomic mass is 79.9. The number of hydrogen-bond acceptors (Lipinski definition) is 2. The molecule has 2 aromatic rings. The number of H-pyrrole nitrogens is 1. The molecule has 1 heterocycles. The summed E-state index contributed by atoms with van der Waals surface area (Å²) in [7, 11) is 0. The fraction of sp³-hybridized carbons (Fsp3) is 0. The van der Waals surface area contributed by atoms with Gasteiger partial charge in [0.25, 0.3) is 0 Å². The Morgan fingerprint density at radius 2 is 2.08 bits per heavy atom. The highest BCUT2D eigenvalue weighted by Crippen LogP contribution is 2.17. The quantitative estimate of drug-likeness (QED) is 0.718. The van der Waals surface area contributed by atoms with Crippen molar-refractivity contribution in [1.29, 1.82) is 0 Å². The van der Waals surface area contributed by atoms with Gasteiger partial charge in [0.15, 0.2) is 0 Å². The molecule has 0 bridgehead atoms. The largest absolute Gasteiger partial charge is 0.277 e. The minimum absolute atomic E-state index is 0.691. The third kappa shape index (κ3) is 1.17. The molecule has 0 fully saturated rings. The zero-order chi connectivity index (χ0) is 8.55. The van der Waals surface area contributed by atoms with Crippen LogP contribution in [0.1, 0.15) is 0 Å². The molecule has 0 saturated carbocycles. The molecule has 0 amide bonds. The van der Waals surface area contributed by atoms with Gasteiger partial charge in [-0.3, -0.25) is 5.10 Å². The molecule has 0 atom stereocenters. The predicted molar refractivity (Wildman–Crippen MR) is 54.6 cm³/mol. The number of fused-ring (bicyclic) bond motifs is 1. The number of halogens is 1. The van der Waals surface area contributed by atoms with Gasteiger partial charge in [-0.25, -0.2) is 0 Å². The van der Waals surface area contributed by atoms with Gasteiger partial charge in [0.05, 0.1) is 10.0 Å². The standard InChI is InChI=1S/C8H5BrN2S/c9-8-7(12)5-3-1-2-4-6(5)10-11-8/h1-4H,(H,10,12). The number of rotatable bonds is 0. The van der Waals surface area contributed by atoms with Gasteiger partial charge in [0.1, 0.15) is 4.60 Å². The van der Waals surface area contributed by atoms with Crippen LogP contribution >= 0.6 is 28.1 Å². The lowest BCUT2D eigenvalue weighted by molar-refractivity contribution is 1.04. The summed E-state index contributed by atoms with van der Waals surface area (Å²) in [5, 5.41) is 7.91. The topological polar surface area (TPSA) is 28.7 Å². The van der Waals surface area contributed by atoms with Crippen LogP contribution in [0.5, 0.6) is 0 Å². The van der Waals surface area contributed by atoms with Gasteiger partial charge in [-0.05, 0) is 22.0 Å². The van der Waals surface area contributed by atoms with E-state index in [9.17, 15) is 0 Å². The zero-order valence-electron chi connectivity index (χ0n) is 6.04. The third-order valence-electron chi connectivity index (χ3n) is 1.63. The molecule has 0 aliphatic heterocycles. The van der Waals surface area contributed by atoms with E-state index in [0.717, 1.165) is 15.4 Å². The van der Waals surface area contributed by atoms with Crippen LogP contribution in [0.4, 0.5) is 0 Å². The summed E-state index contributed by atoms with van der Waals surface area (Å²) >= 11 is 8.44. The molecule has 0 aliphatic carbocycles. The van der Waals surface area contributed by atoms with Gasteiger partial charge in [0.2, 0.25) is 0 Å². The van der Waals surface area contributed by atoms with E-state index in [1.165, 1.54) is 0 Å². The first-order valence-electron chi connectivity index (χ1n) is 3.42. The Hall–Kier alpha value is -0.740. The lowest BCUT2D eigenvalue weighted by Crippen LogP contribution is -1.85. The first-order valence-corrected chi connectivity index (χ1v) is 4.62. The van der Waals surface area contributed by atoms with Crippen LogP contribution in [-0.2, 0) is 0 Å². The number of para-hydroxylation sites is 1. The van der Waals surface area contributed by atoms with E-state index in [1.54, 1.807) is 0 Å². The smallest absolute Gasteiger partial charge is 0.145 e. The second kappa shape index (κ2) is 2.95. The summed E-state index contributed by atoms with van der Waals surface area (Å²) < 4.78 is 1.44. The summed E-state index contributed by atoms with van der Waals surface area (Å²) in [5.41, 5.74) is 0.964. The van der Waals surface area contributed by atoms with E-state index in [0.29, 0.717) is 4.60 Å². The van der Waals surface area contributed by atoms with Crippen molar-refractivity contribution in [3.63, 3.8) is 0 Å². The molecule has 0 radical (unpaired) electrons. The Morgan fingerprint density at radius 3 is 2.92 bits per heavy atom. The molecule has 0 unspecified atom stereocenters. The van der Waals surface area contributed by atoms with Crippen LogP contribution in [0.15, 0.2) is 28.9 Å². The maximum Gasteiger partial charge on any atom is 0.145 e. The summed E-state index contributed by atoms with van der Waals surface area (Å²) in [6.45, 7) is 0. The number of nitrogens with one attached hydrogen (secondary N) is 1. The van der Waals surface area contributed by atoms with Crippen molar-refractivity contribution in [1.82, 2.24) is 10.2 Å². The van der Waals surface area contributed by atoms with E-state index >= 15 is 0 Å². The summed E-state index contributed by atoms with van der Waals surface area (Å²) in [5.74, 6) is 0. The fourth-order valence-corrected chi connectivity index (χ4v) is 1.58. The van der Waals surface area contributed by atoms with Gasteiger partial charge in [-0.1, -0.05) is 30.4 Å². The Bertz CT molecular complexity index is 478. The van der Waals surface area contributed by atoms with Crippen molar-refractivity contribution in [2.75, 3.05) is 0 Å². The van der Waals surface area contributed by atoms with Gasteiger partial charge >= 0.3 is 0 Å². The van der Waals surface area contributed by atoms with E-state index in [-0.39, 0.29) is 0 Å². The SMILES string of the molecule is S=c1c(Br)n[nH]c2ccccc12. The maximum atomic E-state index is 5.17. The molecular formula is C8H5BrN2S. The minimum atomic E-state index is 0.691. The molecule has 0 aliphatic rings. The van der Waals surface area contributed by atoms with Crippen molar-refractivity contribution in [2.24, 2.45) is 0 Å². The van der Waals surface area contributed by atoms with Crippen molar-refractivity contribution in [2.45, 2.75) is 0 Å². The lowest BCUT2D eigenvalue weighted by Gasteiger charge is -1.96. The summed E-state index contributed by atoms with van der Waals surface area (Å²) in [6.07, 6.45) is 0. The van der Waals surface area contributed by atoms with Crippen LogP contribution < -0.4 is 0 Å². The summed E-state index contributed by atoms with van der Waals surface area (Å²) in [4.78, 5) is 0. The number of hydrogen-bond donors (Lipinski definition) is 1. The molecule has 4 heteroatoms. The lowest BCUT2D eigenvalue weighted by atomic mass is 10.2. The number of benzene rings is 1. The molecule has 2 nitrogen and oxygen atoms in total. The number of aromatic nitrogens is 2. The van der Waals surface area contributed by atoms with Crippen LogP contribution in [0.3, 0.4) is 0 Å². The van der Waals surface area contributed by atoms with E-state index in [1.807, 2.05) is 24.3 Å². The van der Waals surface area contributed by atoms with Crippen LogP contribution in [0.25, 0.3) is 10.9 Å². The molecular weight excluding hydrogens is 236 g/mol. The first-order chi connectivity index (χ1) is 5.79. The number of aromatic amines is 1. The molecule has 0 spiro atoms. The molecule has 2 rings (SSSR count). The van der Waals surface area contributed by atoms with Crippen molar-refractivity contribution in [3.8, 4) is 0 Å². The maximum absolute atomic E-state index is 5.17. The molecule has 0 saturated heterocycles.